The zero-order valence-electron chi connectivity index (χ0n) is 11.2. The number of halogens is 1. The van der Waals surface area contributed by atoms with Crippen molar-refractivity contribution >= 4 is 15.9 Å². The molecule has 100 valence electrons. The lowest BCUT2D eigenvalue weighted by atomic mass is 9.79. The molecule has 0 saturated heterocycles. The molecule has 0 saturated carbocycles. The summed E-state index contributed by atoms with van der Waals surface area (Å²) in [6, 6.07) is 2.00. The molecule has 0 unspecified atom stereocenters. The summed E-state index contributed by atoms with van der Waals surface area (Å²) in [6.45, 7) is 8.69. The van der Waals surface area contributed by atoms with Gasteiger partial charge >= 0.3 is 0 Å². The van der Waals surface area contributed by atoms with Crippen molar-refractivity contribution in [3.05, 3.63) is 21.7 Å². The van der Waals surface area contributed by atoms with E-state index in [0.29, 0.717) is 5.92 Å². The van der Waals surface area contributed by atoms with Crippen LogP contribution in [-0.2, 0) is 5.41 Å². The van der Waals surface area contributed by atoms with Gasteiger partial charge in [-0.05, 0) is 39.0 Å². The fraction of sp³-hybridized carbons (Fsp3) is 0.571. The lowest BCUT2D eigenvalue weighted by molar-refractivity contribution is 0.173. The average Bonchev–Trinajstić information content (AvgIpc) is 2.76. The molecular formula is C14H19BrO3. The highest BCUT2D eigenvalue weighted by atomic mass is 79.9. The number of benzene rings is 1. The van der Waals surface area contributed by atoms with E-state index in [1.54, 1.807) is 0 Å². The van der Waals surface area contributed by atoms with Crippen LogP contribution >= 0.6 is 15.9 Å². The minimum Gasteiger partial charge on any atom is -0.454 e. The van der Waals surface area contributed by atoms with Crippen LogP contribution in [0, 0.1) is 0 Å². The quantitative estimate of drug-likeness (QED) is 0.927. The number of aliphatic hydroxyl groups is 1. The zero-order chi connectivity index (χ0) is 13.5. The van der Waals surface area contributed by atoms with Crippen molar-refractivity contribution in [3.8, 4) is 11.5 Å². The molecule has 0 aliphatic carbocycles. The van der Waals surface area contributed by atoms with Crippen molar-refractivity contribution in [2.75, 3.05) is 13.4 Å². The summed E-state index contributed by atoms with van der Waals surface area (Å²) in [6.07, 6.45) is 0. The molecule has 3 nitrogen and oxygen atoms in total. The molecule has 4 heteroatoms. The van der Waals surface area contributed by atoms with Crippen molar-refractivity contribution in [2.45, 2.75) is 39.0 Å². The SMILES string of the molecule is CC(C)c1c(C(C)(C)CO)cc2c(c1Br)OCO2. The molecule has 0 amide bonds. The van der Waals surface area contributed by atoms with E-state index in [4.69, 9.17) is 9.47 Å². The van der Waals surface area contributed by atoms with Crippen molar-refractivity contribution in [3.63, 3.8) is 0 Å². The van der Waals surface area contributed by atoms with Crippen LogP contribution in [0.4, 0.5) is 0 Å². The van der Waals surface area contributed by atoms with Crippen LogP contribution in [0.15, 0.2) is 10.5 Å². The average molecular weight is 315 g/mol. The van der Waals surface area contributed by atoms with Gasteiger partial charge in [-0.25, -0.2) is 0 Å². The summed E-state index contributed by atoms with van der Waals surface area (Å²) < 4.78 is 11.9. The van der Waals surface area contributed by atoms with Gasteiger partial charge in [0, 0.05) is 5.41 Å². The van der Waals surface area contributed by atoms with E-state index < -0.39 is 0 Å². The zero-order valence-corrected chi connectivity index (χ0v) is 12.8. The molecule has 0 spiro atoms. The van der Waals surface area contributed by atoms with Gasteiger partial charge in [-0.2, -0.15) is 0 Å². The minimum absolute atomic E-state index is 0.0960. The maximum Gasteiger partial charge on any atom is 0.231 e. The van der Waals surface area contributed by atoms with Crippen molar-refractivity contribution < 1.29 is 14.6 Å². The van der Waals surface area contributed by atoms with E-state index in [9.17, 15) is 5.11 Å². The third-order valence-electron chi connectivity index (χ3n) is 3.34. The number of fused-ring (bicyclic) bond motifs is 1. The molecule has 1 aromatic carbocycles. The first kappa shape index (κ1) is 13.7. The summed E-state index contributed by atoms with van der Waals surface area (Å²) in [5.41, 5.74) is 1.98. The first-order valence-corrected chi connectivity index (χ1v) is 6.91. The topological polar surface area (TPSA) is 38.7 Å². The third kappa shape index (κ3) is 2.12. The van der Waals surface area contributed by atoms with Crippen LogP contribution in [0.1, 0.15) is 44.7 Å². The van der Waals surface area contributed by atoms with Gasteiger partial charge in [-0.3, -0.25) is 0 Å². The van der Waals surface area contributed by atoms with E-state index >= 15 is 0 Å². The number of hydrogen-bond acceptors (Lipinski definition) is 3. The smallest absolute Gasteiger partial charge is 0.231 e. The maximum absolute atomic E-state index is 9.61. The number of hydrogen-bond donors (Lipinski definition) is 1. The van der Waals surface area contributed by atoms with Crippen molar-refractivity contribution in [1.29, 1.82) is 0 Å². The summed E-state index contributed by atoms with van der Waals surface area (Å²) >= 11 is 3.62. The lowest BCUT2D eigenvalue weighted by Crippen LogP contribution is -2.24. The van der Waals surface area contributed by atoms with Gasteiger partial charge in [-0.15, -0.1) is 0 Å². The first-order valence-electron chi connectivity index (χ1n) is 6.12. The normalized spacial score (nSPS) is 14.4. The van der Waals surface area contributed by atoms with Crippen molar-refractivity contribution in [1.82, 2.24) is 0 Å². The molecule has 0 fully saturated rings. The lowest BCUT2D eigenvalue weighted by Gasteiger charge is -2.28. The standard InChI is InChI=1S/C14H19BrO3/c1-8(2)11-9(14(3,4)6-16)5-10-13(12(11)15)18-7-17-10/h5,8,16H,6-7H2,1-4H3. The van der Waals surface area contributed by atoms with E-state index in [1.807, 2.05) is 19.9 Å². The van der Waals surface area contributed by atoms with E-state index in [0.717, 1.165) is 21.5 Å². The Hall–Kier alpha value is -0.740. The molecule has 1 N–H and O–H groups in total. The molecule has 0 aromatic heterocycles. The maximum atomic E-state index is 9.61. The van der Waals surface area contributed by atoms with Crippen LogP contribution in [0.25, 0.3) is 0 Å². The molecule has 0 radical (unpaired) electrons. The predicted molar refractivity (Wildman–Crippen MR) is 74.5 cm³/mol. The highest BCUT2D eigenvalue weighted by molar-refractivity contribution is 9.10. The monoisotopic (exact) mass is 314 g/mol. The van der Waals surface area contributed by atoms with Crippen LogP contribution in [-0.4, -0.2) is 18.5 Å². The van der Waals surface area contributed by atoms with E-state index in [1.165, 1.54) is 5.56 Å². The molecule has 1 aromatic rings. The Bertz CT molecular complexity index is 467. The molecule has 0 atom stereocenters. The summed E-state index contributed by atoms with van der Waals surface area (Å²) in [7, 11) is 0. The largest absolute Gasteiger partial charge is 0.454 e. The molecule has 1 aliphatic heterocycles. The van der Waals surface area contributed by atoms with Gasteiger partial charge in [0.2, 0.25) is 6.79 Å². The van der Waals surface area contributed by atoms with Crippen LogP contribution in [0.2, 0.25) is 0 Å². The second-order valence-electron chi connectivity index (χ2n) is 5.58. The van der Waals surface area contributed by atoms with Crippen molar-refractivity contribution in [2.24, 2.45) is 0 Å². The summed E-state index contributed by atoms with van der Waals surface area (Å²) in [5, 5.41) is 9.61. The molecule has 1 heterocycles. The minimum atomic E-state index is -0.302. The second kappa shape index (κ2) is 4.74. The van der Waals surface area contributed by atoms with Gasteiger partial charge in [0.25, 0.3) is 0 Å². The molecule has 1 aliphatic rings. The van der Waals surface area contributed by atoms with E-state index in [2.05, 4.69) is 29.8 Å². The molecule has 18 heavy (non-hydrogen) atoms. The van der Waals surface area contributed by atoms with Crippen LogP contribution in [0.3, 0.4) is 0 Å². The number of ether oxygens (including phenoxy) is 2. The Balaban J connectivity index is 2.69. The Morgan fingerprint density at radius 2 is 2.06 bits per heavy atom. The Labute approximate surface area is 116 Å². The Morgan fingerprint density at radius 3 is 2.61 bits per heavy atom. The van der Waals surface area contributed by atoms with Crippen LogP contribution < -0.4 is 9.47 Å². The molecule has 0 bridgehead atoms. The molecular weight excluding hydrogens is 296 g/mol. The number of aliphatic hydroxyl groups excluding tert-OH is 1. The molecule has 2 rings (SSSR count). The second-order valence-corrected chi connectivity index (χ2v) is 6.38. The third-order valence-corrected chi connectivity index (χ3v) is 4.13. The Kier molecular flexibility index (Phi) is 3.60. The van der Waals surface area contributed by atoms with Gasteiger partial charge in [0.15, 0.2) is 11.5 Å². The first-order chi connectivity index (χ1) is 8.38. The highest BCUT2D eigenvalue weighted by Gasteiger charge is 2.31. The van der Waals surface area contributed by atoms with Gasteiger partial charge in [-0.1, -0.05) is 27.7 Å². The van der Waals surface area contributed by atoms with Gasteiger partial charge in [0.1, 0.15) is 0 Å². The number of rotatable bonds is 3. The van der Waals surface area contributed by atoms with Gasteiger partial charge < -0.3 is 14.6 Å². The summed E-state index contributed by atoms with van der Waals surface area (Å²) in [4.78, 5) is 0. The summed E-state index contributed by atoms with van der Waals surface area (Å²) in [5.74, 6) is 1.87. The highest BCUT2D eigenvalue weighted by Crippen LogP contribution is 2.47. The fourth-order valence-corrected chi connectivity index (χ4v) is 3.21. The fourth-order valence-electron chi connectivity index (χ4n) is 2.23. The van der Waals surface area contributed by atoms with Gasteiger partial charge in [0.05, 0.1) is 11.1 Å². The Morgan fingerprint density at radius 1 is 1.39 bits per heavy atom. The van der Waals surface area contributed by atoms with Crippen LogP contribution in [0.5, 0.6) is 11.5 Å². The predicted octanol–water partition coefficient (Wildman–Crippen LogP) is 3.57. The van der Waals surface area contributed by atoms with E-state index in [-0.39, 0.29) is 18.8 Å².